The molecule has 2 heterocycles. The molecular weight excluding hydrogens is 257 g/mol. The Morgan fingerprint density at radius 1 is 1.11 bits per heavy atom. The molecule has 0 amide bonds. The predicted octanol–water partition coefficient (Wildman–Crippen LogP) is 1.38. The third-order valence-corrected chi connectivity index (χ3v) is 5.31. The Hall–Kier alpha value is -0.980. The van der Waals surface area contributed by atoms with Gasteiger partial charge in [0, 0.05) is 13.1 Å². The molecule has 2 aliphatic heterocycles. The summed E-state index contributed by atoms with van der Waals surface area (Å²) in [7, 11) is -3.52. The van der Waals surface area contributed by atoms with Crippen LogP contribution in [0.4, 0.5) is 4.39 Å². The second-order valence-corrected chi connectivity index (χ2v) is 6.67. The lowest BCUT2D eigenvalue weighted by Crippen LogP contribution is -2.45. The van der Waals surface area contributed by atoms with Crippen LogP contribution >= 0.6 is 0 Å². The first-order valence-electron chi connectivity index (χ1n) is 5.97. The molecule has 2 saturated heterocycles. The van der Waals surface area contributed by atoms with Gasteiger partial charge in [-0.3, -0.25) is 0 Å². The van der Waals surface area contributed by atoms with Crippen molar-refractivity contribution in [2.24, 2.45) is 0 Å². The van der Waals surface area contributed by atoms with E-state index in [0.717, 1.165) is 12.8 Å². The van der Waals surface area contributed by atoms with Crippen LogP contribution in [0.2, 0.25) is 0 Å². The summed E-state index contributed by atoms with van der Waals surface area (Å²) in [6, 6.07) is 4.95. The predicted molar refractivity (Wildman–Crippen MR) is 63.1 cm³/mol. The summed E-state index contributed by atoms with van der Waals surface area (Å²) in [6.07, 6.45) is 1.86. The second kappa shape index (κ2) is 4.29. The molecule has 6 heteroatoms. The minimum absolute atomic E-state index is 0.0129. The average Bonchev–Trinajstić information content (AvgIpc) is 2.68. The highest BCUT2D eigenvalue weighted by Crippen LogP contribution is 2.29. The van der Waals surface area contributed by atoms with Gasteiger partial charge in [-0.25, -0.2) is 12.8 Å². The van der Waals surface area contributed by atoms with Gasteiger partial charge in [0.15, 0.2) is 0 Å². The summed E-state index contributed by atoms with van der Waals surface area (Å²) in [5, 5.41) is 0. The van der Waals surface area contributed by atoms with Crippen LogP contribution < -0.4 is 0 Å². The Morgan fingerprint density at radius 3 is 2.22 bits per heavy atom. The van der Waals surface area contributed by atoms with E-state index in [1.165, 1.54) is 28.6 Å². The summed E-state index contributed by atoms with van der Waals surface area (Å²) >= 11 is 0. The fraction of sp³-hybridized carbons (Fsp3) is 0.500. The van der Waals surface area contributed by atoms with Crippen LogP contribution in [-0.4, -0.2) is 38.0 Å². The standard InChI is InChI=1S/C12H14FNO3S/c13-9-1-5-12(6-2-9)18(15,16)14-7-10-3-4-11(8-14)17-10/h1-2,5-6,10-11H,3-4,7-8H2. The number of fused-ring (bicyclic) bond motifs is 2. The van der Waals surface area contributed by atoms with Crippen molar-refractivity contribution < 1.29 is 17.5 Å². The fourth-order valence-electron chi connectivity index (χ4n) is 2.53. The van der Waals surface area contributed by atoms with E-state index < -0.39 is 15.8 Å². The number of ether oxygens (including phenoxy) is 1. The molecule has 98 valence electrons. The van der Waals surface area contributed by atoms with E-state index in [4.69, 9.17) is 4.74 Å². The Balaban J connectivity index is 1.88. The molecule has 18 heavy (non-hydrogen) atoms. The molecule has 0 spiro atoms. The lowest BCUT2D eigenvalue weighted by Gasteiger charge is -2.31. The van der Waals surface area contributed by atoms with Gasteiger partial charge in [0.2, 0.25) is 10.0 Å². The summed E-state index contributed by atoms with van der Waals surface area (Å²) in [6.45, 7) is 0.798. The molecule has 0 saturated carbocycles. The van der Waals surface area contributed by atoms with Gasteiger partial charge in [0.1, 0.15) is 5.82 Å². The molecule has 2 bridgehead atoms. The molecule has 0 radical (unpaired) electrons. The van der Waals surface area contributed by atoms with Gasteiger partial charge in [-0.1, -0.05) is 0 Å². The van der Waals surface area contributed by atoms with Gasteiger partial charge in [-0.2, -0.15) is 4.31 Å². The van der Waals surface area contributed by atoms with Crippen molar-refractivity contribution in [3.8, 4) is 0 Å². The quantitative estimate of drug-likeness (QED) is 0.816. The first-order chi connectivity index (χ1) is 8.55. The lowest BCUT2D eigenvalue weighted by atomic mass is 10.2. The van der Waals surface area contributed by atoms with E-state index in [9.17, 15) is 12.8 Å². The minimum atomic E-state index is -3.52. The van der Waals surface area contributed by atoms with Crippen molar-refractivity contribution in [3.63, 3.8) is 0 Å². The zero-order valence-corrected chi connectivity index (χ0v) is 10.6. The van der Waals surface area contributed by atoms with Crippen LogP contribution in [0.15, 0.2) is 29.2 Å². The zero-order chi connectivity index (χ0) is 12.8. The van der Waals surface area contributed by atoms with Gasteiger partial charge in [0.05, 0.1) is 17.1 Å². The molecule has 1 aromatic carbocycles. The van der Waals surface area contributed by atoms with Crippen molar-refractivity contribution >= 4 is 10.0 Å². The molecule has 2 unspecified atom stereocenters. The molecule has 3 rings (SSSR count). The van der Waals surface area contributed by atoms with Crippen LogP contribution in [0, 0.1) is 5.82 Å². The smallest absolute Gasteiger partial charge is 0.243 e. The largest absolute Gasteiger partial charge is 0.372 e. The highest BCUT2D eigenvalue weighted by molar-refractivity contribution is 7.89. The van der Waals surface area contributed by atoms with Gasteiger partial charge >= 0.3 is 0 Å². The number of morpholine rings is 1. The van der Waals surface area contributed by atoms with Gasteiger partial charge in [0.25, 0.3) is 0 Å². The van der Waals surface area contributed by atoms with Crippen molar-refractivity contribution in [2.45, 2.75) is 29.9 Å². The Bertz CT molecular complexity index is 531. The maximum atomic E-state index is 12.8. The van der Waals surface area contributed by atoms with Crippen LogP contribution in [0.25, 0.3) is 0 Å². The summed E-state index contributed by atoms with van der Waals surface area (Å²) in [4.78, 5) is 0.144. The highest BCUT2D eigenvalue weighted by Gasteiger charge is 2.39. The molecule has 1 aromatic rings. The van der Waals surface area contributed by atoms with Crippen LogP contribution in [0.1, 0.15) is 12.8 Å². The van der Waals surface area contributed by atoms with Crippen molar-refractivity contribution in [1.29, 1.82) is 0 Å². The van der Waals surface area contributed by atoms with Crippen molar-refractivity contribution in [3.05, 3.63) is 30.1 Å². The molecule has 2 fully saturated rings. The number of hydrogen-bond donors (Lipinski definition) is 0. The fourth-order valence-corrected chi connectivity index (χ4v) is 4.03. The molecule has 2 aliphatic rings. The van der Waals surface area contributed by atoms with Crippen molar-refractivity contribution in [2.75, 3.05) is 13.1 Å². The number of hydrogen-bond acceptors (Lipinski definition) is 3. The van der Waals surface area contributed by atoms with Gasteiger partial charge < -0.3 is 4.74 Å². The Labute approximate surface area is 105 Å². The van der Waals surface area contributed by atoms with Crippen LogP contribution in [0.5, 0.6) is 0 Å². The van der Waals surface area contributed by atoms with E-state index in [2.05, 4.69) is 0 Å². The van der Waals surface area contributed by atoms with Crippen molar-refractivity contribution in [1.82, 2.24) is 4.31 Å². The van der Waals surface area contributed by atoms with E-state index in [-0.39, 0.29) is 17.1 Å². The highest BCUT2D eigenvalue weighted by atomic mass is 32.2. The third kappa shape index (κ3) is 2.04. The number of halogens is 1. The first-order valence-corrected chi connectivity index (χ1v) is 7.41. The number of benzene rings is 1. The molecule has 0 N–H and O–H groups in total. The van der Waals surface area contributed by atoms with E-state index >= 15 is 0 Å². The number of rotatable bonds is 2. The molecule has 4 nitrogen and oxygen atoms in total. The van der Waals surface area contributed by atoms with Gasteiger partial charge in [-0.15, -0.1) is 0 Å². The Morgan fingerprint density at radius 2 is 1.67 bits per heavy atom. The Kier molecular flexibility index (Phi) is 2.88. The summed E-state index contributed by atoms with van der Waals surface area (Å²) in [5.41, 5.74) is 0. The topological polar surface area (TPSA) is 46.6 Å². The van der Waals surface area contributed by atoms with E-state index in [0.29, 0.717) is 13.1 Å². The second-order valence-electron chi connectivity index (χ2n) is 4.73. The SMILES string of the molecule is O=S(=O)(c1ccc(F)cc1)N1CC2CCC(C1)O2. The molecule has 0 aromatic heterocycles. The first kappa shape index (κ1) is 12.1. The average molecular weight is 271 g/mol. The number of sulfonamides is 1. The van der Waals surface area contributed by atoms with E-state index in [1.807, 2.05) is 0 Å². The normalized spacial score (nSPS) is 28.5. The zero-order valence-electron chi connectivity index (χ0n) is 9.75. The molecule has 2 atom stereocenters. The maximum Gasteiger partial charge on any atom is 0.243 e. The lowest BCUT2D eigenvalue weighted by molar-refractivity contribution is -0.0114. The number of nitrogens with zero attached hydrogens (tertiary/aromatic N) is 1. The van der Waals surface area contributed by atoms with Gasteiger partial charge in [-0.05, 0) is 37.1 Å². The minimum Gasteiger partial charge on any atom is -0.372 e. The van der Waals surface area contributed by atoms with E-state index in [1.54, 1.807) is 0 Å². The maximum absolute atomic E-state index is 12.8. The summed E-state index contributed by atoms with van der Waals surface area (Å²) < 4.78 is 44.6. The van der Waals surface area contributed by atoms with Crippen LogP contribution in [-0.2, 0) is 14.8 Å². The summed E-state index contributed by atoms with van der Waals surface area (Å²) in [5.74, 6) is -0.434. The monoisotopic (exact) mass is 271 g/mol. The molecule has 0 aliphatic carbocycles. The third-order valence-electron chi connectivity index (χ3n) is 3.46. The van der Waals surface area contributed by atoms with Crippen LogP contribution in [0.3, 0.4) is 0 Å². The molecular formula is C12H14FNO3S.